The summed E-state index contributed by atoms with van der Waals surface area (Å²) in [6.07, 6.45) is 5.53. The van der Waals surface area contributed by atoms with Crippen LogP contribution >= 0.6 is 12.4 Å². The lowest BCUT2D eigenvalue weighted by molar-refractivity contribution is -0.166. The molecule has 2 atom stereocenters. The van der Waals surface area contributed by atoms with Crippen LogP contribution in [0.3, 0.4) is 0 Å². The summed E-state index contributed by atoms with van der Waals surface area (Å²) in [5.74, 6) is 0.641. The van der Waals surface area contributed by atoms with Crippen LogP contribution < -0.4 is 15.8 Å². The number of carbonyl (C=O) groups excluding carboxylic acids is 1. The van der Waals surface area contributed by atoms with E-state index in [0.29, 0.717) is 19.1 Å². The number of halogens is 1. The molecule has 26 heavy (non-hydrogen) atoms. The lowest BCUT2D eigenvalue weighted by Crippen LogP contribution is -2.74. The normalized spacial score (nSPS) is 27.3. The van der Waals surface area contributed by atoms with Crippen LogP contribution in [0.2, 0.25) is 0 Å². The number of hydrogen-bond donors (Lipinski definition) is 2. The van der Waals surface area contributed by atoms with Crippen molar-refractivity contribution in [3.8, 4) is 5.75 Å². The Morgan fingerprint density at radius 2 is 2.00 bits per heavy atom. The zero-order valence-electron chi connectivity index (χ0n) is 15.9. The molecule has 1 aromatic rings. The van der Waals surface area contributed by atoms with Crippen molar-refractivity contribution in [1.82, 2.24) is 0 Å². The van der Waals surface area contributed by atoms with Gasteiger partial charge in [0.2, 0.25) is 5.91 Å². The summed E-state index contributed by atoms with van der Waals surface area (Å²) in [5, 5.41) is 2.97. The van der Waals surface area contributed by atoms with Gasteiger partial charge in [-0.2, -0.15) is 0 Å². The molecule has 1 amide bonds. The van der Waals surface area contributed by atoms with E-state index >= 15 is 0 Å². The maximum atomic E-state index is 12.8. The summed E-state index contributed by atoms with van der Waals surface area (Å²) in [6, 6.07) is 7.59. The first-order valence-electron chi connectivity index (χ1n) is 9.35. The van der Waals surface area contributed by atoms with Gasteiger partial charge in [-0.15, -0.1) is 12.4 Å². The highest BCUT2D eigenvalue weighted by Gasteiger charge is 2.62. The molecule has 146 valence electrons. The first kappa shape index (κ1) is 21.0. The highest BCUT2D eigenvalue weighted by atomic mass is 35.5. The molecule has 0 radical (unpaired) electrons. The zero-order chi connectivity index (χ0) is 18.1. The standard InChI is InChI=1S/C20H30N2O3.ClH/c1-4-24-17-13-20(21,19(17,2)3)18(23)22-14-8-7-11-16(12-14)25-15-9-5-6-10-15;/h7-8,11-12,15,17H,4-6,9-10,13,21H2,1-3H3,(H,22,23);1H. The van der Waals surface area contributed by atoms with Gasteiger partial charge in [0.1, 0.15) is 11.3 Å². The van der Waals surface area contributed by atoms with Gasteiger partial charge in [0.15, 0.2) is 0 Å². The second kappa shape index (κ2) is 8.15. The van der Waals surface area contributed by atoms with Gasteiger partial charge in [0.25, 0.3) is 0 Å². The number of ether oxygens (including phenoxy) is 2. The number of carbonyl (C=O) groups is 1. The minimum absolute atomic E-state index is 0. The van der Waals surface area contributed by atoms with Gasteiger partial charge in [0, 0.05) is 30.2 Å². The molecule has 0 spiro atoms. The molecular formula is C20H31ClN2O3. The quantitative estimate of drug-likeness (QED) is 0.782. The Morgan fingerprint density at radius 1 is 1.31 bits per heavy atom. The summed E-state index contributed by atoms with van der Waals surface area (Å²) in [5.41, 5.74) is 5.84. The van der Waals surface area contributed by atoms with Crippen LogP contribution in [0.1, 0.15) is 52.9 Å². The molecule has 2 aliphatic rings. The summed E-state index contributed by atoms with van der Waals surface area (Å²) in [7, 11) is 0. The summed E-state index contributed by atoms with van der Waals surface area (Å²) in [4.78, 5) is 12.8. The van der Waals surface area contributed by atoms with Crippen molar-refractivity contribution in [3.63, 3.8) is 0 Å². The highest BCUT2D eigenvalue weighted by molar-refractivity contribution is 5.99. The Balaban J connectivity index is 0.00000243. The van der Waals surface area contributed by atoms with E-state index in [1.807, 2.05) is 45.0 Å². The Bertz CT molecular complexity index is 631. The molecule has 1 aromatic carbocycles. The fourth-order valence-electron chi connectivity index (χ4n) is 3.91. The predicted octanol–water partition coefficient (Wildman–Crippen LogP) is 3.90. The Hall–Kier alpha value is -1.30. The molecule has 2 fully saturated rings. The van der Waals surface area contributed by atoms with Gasteiger partial charge in [-0.3, -0.25) is 4.79 Å². The van der Waals surface area contributed by atoms with Crippen molar-refractivity contribution in [2.45, 2.75) is 70.6 Å². The third kappa shape index (κ3) is 3.85. The van der Waals surface area contributed by atoms with Crippen LogP contribution in [0.15, 0.2) is 24.3 Å². The van der Waals surface area contributed by atoms with Crippen molar-refractivity contribution in [2.24, 2.45) is 11.1 Å². The van der Waals surface area contributed by atoms with Crippen LogP contribution in [0.4, 0.5) is 5.69 Å². The maximum Gasteiger partial charge on any atom is 0.245 e. The molecule has 0 aliphatic heterocycles. The molecule has 2 aliphatic carbocycles. The van der Waals surface area contributed by atoms with E-state index in [-0.39, 0.29) is 24.4 Å². The fourth-order valence-corrected chi connectivity index (χ4v) is 3.91. The minimum atomic E-state index is -0.921. The zero-order valence-corrected chi connectivity index (χ0v) is 16.7. The van der Waals surface area contributed by atoms with Crippen LogP contribution in [-0.4, -0.2) is 30.3 Å². The van der Waals surface area contributed by atoms with E-state index in [4.69, 9.17) is 15.2 Å². The fraction of sp³-hybridized carbons (Fsp3) is 0.650. The Labute approximate surface area is 162 Å². The monoisotopic (exact) mass is 382 g/mol. The highest BCUT2D eigenvalue weighted by Crippen LogP contribution is 2.50. The van der Waals surface area contributed by atoms with Crippen molar-refractivity contribution in [1.29, 1.82) is 0 Å². The molecule has 0 heterocycles. The van der Waals surface area contributed by atoms with Crippen molar-refractivity contribution >= 4 is 24.0 Å². The van der Waals surface area contributed by atoms with Crippen LogP contribution in [0, 0.1) is 5.41 Å². The van der Waals surface area contributed by atoms with Crippen molar-refractivity contribution < 1.29 is 14.3 Å². The van der Waals surface area contributed by atoms with E-state index < -0.39 is 11.0 Å². The van der Waals surface area contributed by atoms with E-state index in [0.717, 1.165) is 24.3 Å². The van der Waals surface area contributed by atoms with E-state index in [9.17, 15) is 4.79 Å². The van der Waals surface area contributed by atoms with Crippen molar-refractivity contribution in [2.75, 3.05) is 11.9 Å². The first-order chi connectivity index (χ1) is 11.9. The third-order valence-electron chi connectivity index (χ3n) is 5.93. The van der Waals surface area contributed by atoms with E-state index in [2.05, 4.69) is 5.32 Å². The Kier molecular flexibility index (Phi) is 6.59. The molecule has 3 rings (SSSR count). The van der Waals surface area contributed by atoms with E-state index in [1.54, 1.807) is 0 Å². The van der Waals surface area contributed by atoms with Gasteiger partial charge in [-0.25, -0.2) is 0 Å². The molecule has 2 unspecified atom stereocenters. The number of nitrogens with one attached hydrogen (secondary N) is 1. The van der Waals surface area contributed by atoms with Gasteiger partial charge in [0.05, 0.1) is 12.2 Å². The number of nitrogens with two attached hydrogens (primary N) is 1. The predicted molar refractivity (Wildman–Crippen MR) is 106 cm³/mol. The topological polar surface area (TPSA) is 73.6 Å². The second-order valence-corrected chi connectivity index (χ2v) is 7.85. The number of anilines is 1. The maximum absolute atomic E-state index is 12.8. The average molecular weight is 383 g/mol. The van der Waals surface area contributed by atoms with Crippen LogP contribution in [-0.2, 0) is 9.53 Å². The summed E-state index contributed by atoms with van der Waals surface area (Å²) < 4.78 is 11.7. The lowest BCUT2D eigenvalue weighted by atomic mass is 9.54. The first-order valence-corrected chi connectivity index (χ1v) is 9.35. The molecule has 2 saturated carbocycles. The third-order valence-corrected chi connectivity index (χ3v) is 5.93. The number of benzene rings is 1. The lowest BCUT2D eigenvalue weighted by Gasteiger charge is -2.57. The Morgan fingerprint density at radius 3 is 2.62 bits per heavy atom. The van der Waals surface area contributed by atoms with Crippen LogP contribution in [0.25, 0.3) is 0 Å². The van der Waals surface area contributed by atoms with Gasteiger partial charge in [-0.1, -0.05) is 19.9 Å². The molecule has 0 saturated heterocycles. The largest absolute Gasteiger partial charge is 0.490 e. The molecule has 0 bridgehead atoms. The van der Waals surface area contributed by atoms with Crippen LogP contribution in [0.5, 0.6) is 5.75 Å². The SMILES string of the molecule is CCOC1CC(N)(C(=O)Nc2cccc(OC3CCCC3)c2)C1(C)C.Cl. The average Bonchev–Trinajstić information content (AvgIpc) is 3.07. The second-order valence-electron chi connectivity index (χ2n) is 7.85. The van der Waals surface area contributed by atoms with Gasteiger partial charge >= 0.3 is 0 Å². The number of rotatable bonds is 6. The minimum Gasteiger partial charge on any atom is -0.490 e. The molecule has 3 N–H and O–H groups in total. The molecule has 5 nitrogen and oxygen atoms in total. The van der Waals surface area contributed by atoms with Crippen molar-refractivity contribution in [3.05, 3.63) is 24.3 Å². The molecule has 6 heteroatoms. The summed E-state index contributed by atoms with van der Waals surface area (Å²) >= 11 is 0. The smallest absolute Gasteiger partial charge is 0.245 e. The van der Waals surface area contributed by atoms with E-state index in [1.165, 1.54) is 12.8 Å². The van der Waals surface area contributed by atoms with Gasteiger partial charge in [-0.05, 0) is 44.7 Å². The number of hydrogen-bond acceptors (Lipinski definition) is 4. The van der Waals surface area contributed by atoms with Gasteiger partial charge < -0.3 is 20.5 Å². The molecule has 0 aromatic heterocycles. The number of amides is 1. The summed E-state index contributed by atoms with van der Waals surface area (Å²) in [6.45, 7) is 6.58. The molecular weight excluding hydrogens is 352 g/mol.